The van der Waals surface area contributed by atoms with Gasteiger partial charge in [0.1, 0.15) is 6.04 Å². The summed E-state index contributed by atoms with van der Waals surface area (Å²) in [6, 6.07) is 2.30. The molecular formula is C11H16N4O3. The van der Waals surface area contributed by atoms with Crippen LogP contribution in [0.3, 0.4) is 0 Å². The average Bonchev–Trinajstić information content (AvgIpc) is 2.37. The number of nitrogens with zero attached hydrogens (tertiary/aromatic N) is 1. The van der Waals surface area contributed by atoms with Gasteiger partial charge in [0.05, 0.1) is 0 Å². The lowest BCUT2D eigenvalue weighted by Gasteiger charge is -2.09. The van der Waals surface area contributed by atoms with Crippen LogP contribution < -0.4 is 16.4 Å². The molecule has 0 radical (unpaired) electrons. The maximum atomic E-state index is 11.3. The Hall–Kier alpha value is -2.15. The second-order valence-electron chi connectivity index (χ2n) is 3.70. The predicted molar refractivity (Wildman–Crippen MR) is 64.7 cm³/mol. The van der Waals surface area contributed by atoms with Crippen LogP contribution in [0, 0.1) is 0 Å². The molecule has 0 bridgehead atoms. The Bertz CT molecular complexity index is 397. The molecule has 1 atom stereocenters. The van der Waals surface area contributed by atoms with Gasteiger partial charge in [-0.05, 0) is 18.1 Å². The maximum Gasteiger partial charge on any atom is 0.320 e. The maximum absolute atomic E-state index is 11.3. The normalized spacial score (nSPS) is 11.6. The average molecular weight is 252 g/mol. The number of carbonyl (C=O) groups excluding carboxylic acids is 1. The van der Waals surface area contributed by atoms with Crippen molar-refractivity contribution in [3.8, 4) is 0 Å². The number of nitrogens with one attached hydrogen (secondary N) is 2. The minimum Gasteiger partial charge on any atom is -0.480 e. The van der Waals surface area contributed by atoms with Crippen LogP contribution >= 0.6 is 0 Å². The van der Waals surface area contributed by atoms with E-state index in [9.17, 15) is 9.59 Å². The number of rotatable bonds is 6. The Labute approximate surface area is 104 Å². The van der Waals surface area contributed by atoms with Gasteiger partial charge < -0.3 is 21.5 Å². The minimum absolute atomic E-state index is 0.190. The molecule has 0 saturated heterocycles. The highest BCUT2D eigenvalue weighted by atomic mass is 16.4. The Morgan fingerprint density at radius 2 is 2.22 bits per heavy atom. The summed E-state index contributed by atoms with van der Waals surface area (Å²) in [4.78, 5) is 25.7. The first-order chi connectivity index (χ1) is 8.59. The summed E-state index contributed by atoms with van der Waals surface area (Å²) in [7, 11) is 0. The summed E-state index contributed by atoms with van der Waals surface area (Å²) >= 11 is 0. The molecule has 1 aromatic heterocycles. The number of pyridine rings is 1. The van der Waals surface area contributed by atoms with Gasteiger partial charge in [-0.15, -0.1) is 0 Å². The standard InChI is InChI=1S/C11H16N4O3/c12-9(10(16)17)3-5-14-11(18)15-7-8-2-1-4-13-6-8/h1-2,4,6,9H,3,5,7,12H2,(H,16,17)(H2,14,15,18)/t9-/m0/s1. The molecule has 7 nitrogen and oxygen atoms in total. The number of aliphatic carboxylic acids is 1. The van der Waals surface area contributed by atoms with E-state index in [1.54, 1.807) is 18.5 Å². The van der Waals surface area contributed by atoms with Crippen molar-refractivity contribution in [2.45, 2.75) is 19.0 Å². The topological polar surface area (TPSA) is 117 Å². The van der Waals surface area contributed by atoms with Crippen LogP contribution in [0.2, 0.25) is 0 Å². The number of carboxylic acids is 1. The van der Waals surface area contributed by atoms with Crippen LogP contribution in [0.4, 0.5) is 4.79 Å². The van der Waals surface area contributed by atoms with E-state index in [1.807, 2.05) is 6.07 Å². The third kappa shape index (κ3) is 5.26. The van der Waals surface area contributed by atoms with Gasteiger partial charge in [0.25, 0.3) is 0 Å². The third-order valence-corrected chi connectivity index (χ3v) is 2.23. The fourth-order valence-corrected chi connectivity index (χ4v) is 1.21. The Morgan fingerprint density at radius 1 is 1.44 bits per heavy atom. The van der Waals surface area contributed by atoms with Gasteiger partial charge in [-0.3, -0.25) is 9.78 Å². The van der Waals surface area contributed by atoms with Crippen LogP contribution in [0.25, 0.3) is 0 Å². The SMILES string of the molecule is N[C@@H](CCNC(=O)NCc1cccnc1)C(=O)O. The number of carbonyl (C=O) groups is 2. The summed E-state index contributed by atoms with van der Waals surface area (Å²) in [5.74, 6) is -1.08. The highest BCUT2D eigenvalue weighted by molar-refractivity contribution is 5.74. The van der Waals surface area contributed by atoms with Crippen molar-refractivity contribution in [1.82, 2.24) is 15.6 Å². The van der Waals surface area contributed by atoms with Crippen LogP contribution in [0.15, 0.2) is 24.5 Å². The molecule has 0 spiro atoms. The van der Waals surface area contributed by atoms with Gasteiger partial charge in [-0.2, -0.15) is 0 Å². The highest BCUT2D eigenvalue weighted by Gasteiger charge is 2.10. The molecule has 0 aliphatic heterocycles. The van der Waals surface area contributed by atoms with Gasteiger partial charge in [-0.25, -0.2) is 4.79 Å². The first-order valence-corrected chi connectivity index (χ1v) is 5.48. The van der Waals surface area contributed by atoms with Crippen molar-refractivity contribution < 1.29 is 14.7 Å². The lowest BCUT2D eigenvalue weighted by Crippen LogP contribution is -2.39. The molecule has 0 unspecified atom stereocenters. The van der Waals surface area contributed by atoms with E-state index in [0.29, 0.717) is 6.54 Å². The molecule has 18 heavy (non-hydrogen) atoms. The Morgan fingerprint density at radius 3 is 2.83 bits per heavy atom. The van der Waals surface area contributed by atoms with E-state index in [-0.39, 0.29) is 19.0 Å². The predicted octanol–water partition coefficient (Wildman–Crippen LogP) is -0.317. The molecule has 0 aromatic carbocycles. The molecular weight excluding hydrogens is 236 g/mol. The molecule has 0 saturated carbocycles. The van der Waals surface area contributed by atoms with Crippen molar-refractivity contribution in [2.75, 3.05) is 6.54 Å². The van der Waals surface area contributed by atoms with Gasteiger partial charge in [0.15, 0.2) is 0 Å². The molecule has 1 heterocycles. The van der Waals surface area contributed by atoms with Gasteiger partial charge in [0.2, 0.25) is 0 Å². The Balaban J connectivity index is 2.17. The van der Waals surface area contributed by atoms with Crippen molar-refractivity contribution in [1.29, 1.82) is 0 Å². The first-order valence-electron chi connectivity index (χ1n) is 5.48. The summed E-state index contributed by atoms with van der Waals surface area (Å²) in [5, 5.41) is 13.7. The van der Waals surface area contributed by atoms with E-state index in [1.165, 1.54) is 0 Å². The zero-order valence-electron chi connectivity index (χ0n) is 9.80. The van der Waals surface area contributed by atoms with Crippen molar-refractivity contribution in [3.05, 3.63) is 30.1 Å². The smallest absolute Gasteiger partial charge is 0.320 e. The van der Waals surface area contributed by atoms with Gasteiger partial charge in [-0.1, -0.05) is 6.07 Å². The number of hydrogen-bond acceptors (Lipinski definition) is 4. The lowest BCUT2D eigenvalue weighted by atomic mass is 10.2. The van der Waals surface area contributed by atoms with Gasteiger partial charge in [0, 0.05) is 25.5 Å². The molecule has 1 aromatic rings. The van der Waals surface area contributed by atoms with Crippen LogP contribution in [0.5, 0.6) is 0 Å². The van der Waals surface area contributed by atoms with Crippen molar-refractivity contribution in [3.63, 3.8) is 0 Å². The molecule has 98 valence electrons. The van der Waals surface area contributed by atoms with E-state index >= 15 is 0 Å². The second kappa shape index (κ2) is 7.23. The summed E-state index contributed by atoms with van der Waals surface area (Å²) in [6.45, 7) is 0.580. The van der Waals surface area contributed by atoms with Gasteiger partial charge >= 0.3 is 12.0 Å². The number of urea groups is 1. The summed E-state index contributed by atoms with van der Waals surface area (Å²) in [6.07, 6.45) is 3.49. The summed E-state index contributed by atoms with van der Waals surface area (Å²) < 4.78 is 0. The molecule has 1 rings (SSSR count). The zero-order valence-corrected chi connectivity index (χ0v) is 9.80. The first kappa shape index (κ1) is 13.9. The molecule has 0 aliphatic rings. The number of nitrogens with two attached hydrogens (primary N) is 1. The number of hydrogen-bond donors (Lipinski definition) is 4. The van der Waals surface area contributed by atoms with E-state index in [2.05, 4.69) is 15.6 Å². The van der Waals surface area contributed by atoms with Crippen molar-refractivity contribution >= 4 is 12.0 Å². The quantitative estimate of drug-likeness (QED) is 0.553. The van der Waals surface area contributed by atoms with Crippen molar-refractivity contribution in [2.24, 2.45) is 5.73 Å². The summed E-state index contributed by atoms with van der Waals surface area (Å²) in [5.41, 5.74) is 6.17. The monoisotopic (exact) mass is 252 g/mol. The third-order valence-electron chi connectivity index (χ3n) is 2.23. The van der Waals surface area contributed by atoms with Crippen LogP contribution in [0.1, 0.15) is 12.0 Å². The van der Waals surface area contributed by atoms with E-state index in [0.717, 1.165) is 5.56 Å². The fourth-order valence-electron chi connectivity index (χ4n) is 1.21. The lowest BCUT2D eigenvalue weighted by molar-refractivity contribution is -0.138. The minimum atomic E-state index is -1.08. The number of amides is 2. The highest BCUT2D eigenvalue weighted by Crippen LogP contribution is 1.93. The molecule has 0 aliphatic carbocycles. The fraction of sp³-hybridized carbons (Fsp3) is 0.364. The molecule has 0 fully saturated rings. The zero-order chi connectivity index (χ0) is 13.4. The number of aromatic nitrogens is 1. The van der Waals surface area contributed by atoms with Crippen LogP contribution in [-0.2, 0) is 11.3 Å². The molecule has 2 amide bonds. The Kier molecular flexibility index (Phi) is 5.59. The second-order valence-corrected chi connectivity index (χ2v) is 3.70. The molecule has 5 N–H and O–H groups in total. The van der Waals surface area contributed by atoms with E-state index in [4.69, 9.17) is 10.8 Å². The molecule has 7 heteroatoms. The largest absolute Gasteiger partial charge is 0.480 e. The van der Waals surface area contributed by atoms with Crippen LogP contribution in [-0.4, -0.2) is 34.7 Å². The van der Waals surface area contributed by atoms with E-state index < -0.39 is 12.0 Å². The number of carboxylic acid groups (broad SMARTS) is 1.